The molecule has 0 unspecified atom stereocenters. The van der Waals surface area contributed by atoms with E-state index in [1.165, 1.54) is 6.20 Å². The Morgan fingerprint density at radius 1 is 1.32 bits per heavy atom. The molecule has 2 heterocycles. The zero-order chi connectivity index (χ0) is 13.7. The molecule has 0 aromatic carbocycles. The van der Waals surface area contributed by atoms with Crippen molar-refractivity contribution >= 4 is 11.7 Å². The largest absolute Gasteiger partial charge is 0.409 e. The van der Waals surface area contributed by atoms with Crippen LogP contribution in [0, 0.1) is 0 Å². The minimum Gasteiger partial charge on any atom is -0.409 e. The molecule has 7 heteroatoms. The van der Waals surface area contributed by atoms with Crippen LogP contribution in [0.15, 0.2) is 41.9 Å². The molecule has 2 rings (SSSR count). The quantitative estimate of drug-likeness (QED) is 0.360. The van der Waals surface area contributed by atoms with Crippen LogP contribution in [0.4, 0.5) is 5.82 Å². The van der Waals surface area contributed by atoms with Crippen LogP contribution < -0.4 is 10.6 Å². The molecule has 0 radical (unpaired) electrons. The molecule has 2 aromatic rings. The molecule has 3 N–H and O–H groups in total. The van der Waals surface area contributed by atoms with E-state index in [4.69, 9.17) is 10.9 Å². The van der Waals surface area contributed by atoms with E-state index in [-0.39, 0.29) is 5.84 Å². The third-order valence-corrected chi connectivity index (χ3v) is 2.52. The van der Waals surface area contributed by atoms with E-state index in [1.807, 2.05) is 30.1 Å². The van der Waals surface area contributed by atoms with Gasteiger partial charge in [0.05, 0.1) is 24.6 Å². The van der Waals surface area contributed by atoms with Gasteiger partial charge in [0.25, 0.3) is 0 Å². The van der Waals surface area contributed by atoms with Crippen molar-refractivity contribution in [2.75, 3.05) is 11.9 Å². The molecule has 0 aliphatic rings. The lowest BCUT2D eigenvalue weighted by molar-refractivity contribution is 0.318. The molecule has 0 saturated carbocycles. The lowest BCUT2D eigenvalue weighted by Crippen LogP contribution is -2.20. The monoisotopic (exact) mass is 258 g/mol. The fourth-order valence-electron chi connectivity index (χ4n) is 1.52. The van der Waals surface area contributed by atoms with Crippen molar-refractivity contribution in [2.45, 2.75) is 6.54 Å². The molecular formula is C12H14N6O. The SMILES string of the molecule is CN(Cc1ccccn1)c1cnc(C(N)=NO)cn1. The van der Waals surface area contributed by atoms with Gasteiger partial charge in [-0.05, 0) is 12.1 Å². The van der Waals surface area contributed by atoms with E-state index in [1.54, 1.807) is 12.4 Å². The summed E-state index contributed by atoms with van der Waals surface area (Å²) < 4.78 is 0. The number of nitrogens with zero attached hydrogens (tertiary/aromatic N) is 5. The number of nitrogens with two attached hydrogens (primary N) is 1. The van der Waals surface area contributed by atoms with Crippen molar-refractivity contribution in [3.05, 3.63) is 48.2 Å². The molecule has 19 heavy (non-hydrogen) atoms. The first-order valence-electron chi connectivity index (χ1n) is 5.61. The molecule has 0 aliphatic heterocycles. The summed E-state index contributed by atoms with van der Waals surface area (Å²) >= 11 is 0. The molecule has 0 fully saturated rings. The Labute approximate surface area is 110 Å². The second-order valence-electron chi connectivity index (χ2n) is 3.92. The Hall–Kier alpha value is -2.70. The van der Waals surface area contributed by atoms with Gasteiger partial charge in [0.15, 0.2) is 5.84 Å². The number of oxime groups is 1. The molecule has 0 aliphatic carbocycles. The zero-order valence-electron chi connectivity index (χ0n) is 10.4. The van der Waals surface area contributed by atoms with Crippen molar-refractivity contribution < 1.29 is 5.21 Å². The lowest BCUT2D eigenvalue weighted by Gasteiger charge is -2.17. The van der Waals surface area contributed by atoms with E-state index in [2.05, 4.69) is 20.1 Å². The van der Waals surface area contributed by atoms with Gasteiger partial charge in [-0.3, -0.25) is 4.98 Å². The Bertz CT molecular complexity index is 554. The van der Waals surface area contributed by atoms with Gasteiger partial charge in [-0.25, -0.2) is 9.97 Å². The summed E-state index contributed by atoms with van der Waals surface area (Å²) in [6.45, 7) is 0.623. The predicted molar refractivity (Wildman–Crippen MR) is 70.9 cm³/mol. The van der Waals surface area contributed by atoms with Crippen LogP contribution in [0.25, 0.3) is 0 Å². The molecule has 0 saturated heterocycles. The lowest BCUT2D eigenvalue weighted by atomic mass is 10.3. The fourth-order valence-corrected chi connectivity index (χ4v) is 1.52. The van der Waals surface area contributed by atoms with Crippen LogP contribution in [-0.2, 0) is 6.54 Å². The van der Waals surface area contributed by atoms with E-state index in [0.717, 1.165) is 5.69 Å². The topological polar surface area (TPSA) is 101 Å². The molecule has 0 amide bonds. The summed E-state index contributed by atoms with van der Waals surface area (Å²) in [5.41, 5.74) is 6.69. The zero-order valence-corrected chi connectivity index (χ0v) is 10.4. The smallest absolute Gasteiger partial charge is 0.190 e. The number of hydrogen-bond acceptors (Lipinski definition) is 6. The number of aromatic nitrogens is 3. The van der Waals surface area contributed by atoms with Crippen LogP contribution >= 0.6 is 0 Å². The van der Waals surface area contributed by atoms with Gasteiger partial charge >= 0.3 is 0 Å². The summed E-state index contributed by atoms with van der Waals surface area (Å²) in [7, 11) is 1.89. The first-order valence-corrected chi connectivity index (χ1v) is 5.61. The number of pyridine rings is 1. The fraction of sp³-hybridized carbons (Fsp3) is 0.167. The van der Waals surface area contributed by atoms with Crippen LogP contribution in [0.1, 0.15) is 11.4 Å². The van der Waals surface area contributed by atoms with Crippen molar-refractivity contribution in [2.24, 2.45) is 10.9 Å². The van der Waals surface area contributed by atoms with Gasteiger partial charge in [-0.1, -0.05) is 11.2 Å². The summed E-state index contributed by atoms with van der Waals surface area (Å²) in [6, 6.07) is 5.74. The molecule has 0 spiro atoms. The van der Waals surface area contributed by atoms with Gasteiger partial charge in [0.1, 0.15) is 11.5 Å². The molecule has 0 atom stereocenters. The Morgan fingerprint density at radius 2 is 2.16 bits per heavy atom. The predicted octanol–water partition coefficient (Wildman–Crippen LogP) is 0.602. The Morgan fingerprint density at radius 3 is 2.74 bits per heavy atom. The highest BCUT2D eigenvalue weighted by molar-refractivity contribution is 5.94. The van der Waals surface area contributed by atoms with E-state index < -0.39 is 0 Å². The van der Waals surface area contributed by atoms with Gasteiger partial charge in [0, 0.05) is 13.2 Å². The van der Waals surface area contributed by atoms with Gasteiger partial charge in [0.2, 0.25) is 0 Å². The first-order chi connectivity index (χ1) is 9.20. The number of rotatable bonds is 4. The summed E-state index contributed by atoms with van der Waals surface area (Å²) in [6.07, 6.45) is 4.77. The number of anilines is 1. The highest BCUT2D eigenvalue weighted by atomic mass is 16.4. The van der Waals surface area contributed by atoms with Crippen LogP contribution in [-0.4, -0.2) is 33.0 Å². The number of amidine groups is 1. The summed E-state index contributed by atoms with van der Waals surface area (Å²) in [5, 5.41) is 11.4. The van der Waals surface area contributed by atoms with Gasteiger partial charge in [-0.2, -0.15) is 0 Å². The van der Waals surface area contributed by atoms with Gasteiger partial charge in [-0.15, -0.1) is 0 Å². The minimum absolute atomic E-state index is 0.0635. The average molecular weight is 258 g/mol. The van der Waals surface area contributed by atoms with Crippen LogP contribution in [0.5, 0.6) is 0 Å². The van der Waals surface area contributed by atoms with E-state index in [0.29, 0.717) is 18.1 Å². The van der Waals surface area contributed by atoms with E-state index in [9.17, 15) is 0 Å². The first kappa shape index (κ1) is 12.7. The summed E-state index contributed by atoms with van der Waals surface area (Å²) in [4.78, 5) is 14.4. The van der Waals surface area contributed by atoms with Crippen LogP contribution in [0.3, 0.4) is 0 Å². The summed E-state index contributed by atoms with van der Waals surface area (Å²) in [5.74, 6) is 0.617. The normalized spacial score (nSPS) is 11.3. The molecule has 98 valence electrons. The third kappa shape index (κ3) is 3.15. The molecule has 0 bridgehead atoms. The highest BCUT2D eigenvalue weighted by Gasteiger charge is 2.06. The second kappa shape index (κ2) is 5.76. The number of hydrogen-bond donors (Lipinski definition) is 2. The standard InChI is InChI=1S/C12H14N6O/c1-18(8-9-4-2-3-5-14-9)11-7-15-10(6-16-11)12(13)17-19/h2-7,19H,8H2,1H3,(H2,13,17). The van der Waals surface area contributed by atoms with Gasteiger partial charge < -0.3 is 15.8 Å². The van der Waals surface area contributed by atoms with Crippen molar-refractivity contribution in [3.8, 4) is 0 Å². The van der Waals surface area contributed by atoms with Crippen LogP contribution in [0.2, 0.25) is 0 Å². The Balaban J connectivity index is 2.10. The second-order valence-corrected chi connectivity index (χ2v) is 3.92. The maximum Gasteiger partial charge on any atom is 0.190 e. The van der Waals surface area contributed by atoms with Crippen molar-refractivity contribution in [1.29, 1.82) is 0 Å². The maximum atomic E-state index is 8.54. The van der Waals surface area contributed by atoms with Crippen molar-refractivity contribution in [1.82, 2.24) is 15.0 Å². The molecule has 7 nitrogen and oxygen atoms in total. The third-order valence-electron chi connectivity index (χ3n) is 2.52. The Kier molecular flexibility index (Phi) is 3.87. The minimum atomic E-state index is -0.0635. The molecule has 2 aromatic heterocycles. The molecular weight excluding hydrogens is 244 g/mol. The van der Waals surface area contributed by atoms with E-state index >= 15 is 0 Å². The van der Waals surface area contributed by atoms with Crippen molar-refractivity contribution in [3.63, 3.8) is 0 Å². The average Bonchev–Trinajstić information content (AvgIpc) is 2.47. The highest BCUT2D eigenvalue weighted by Crippen LogP contribution is 2.10. The maximum absolute atomic E-state index is 8.54.